The maximum atomic E-state index is 13.3. The van der Waals surface area contributed by atoms with Crippen molar-refractivity contribution >= 4 is 11.7 Å². The first-order valence-corrected chi connectivity index (χ1v) is 12.5. The molecule has 0 radical (unpaired) electrons. The van der Waals surface area contributed by atoms with Crippen molar-refractivity contribution in [3.63, 3.8) is 0 Å². The van der Waals surface area contributed by atoms with E-state index in [2.05, 4.69) is 17.2 Å². The van der Waals surface area contributed by atoms with Gasteiger partial charge in [0, 0.05) is 37.1 Å². The zero-order valence-electron chi connectivity index (χ0n) is 21.4. The molecule has 0 saturated carbocycles. The topological polar surface area (TPSA) is 63.7 Å². The number of carbonyl (C=O) groups is 1. The van der Waals surface area contributed by atoms with Gasteiger partial charge in [0.05, 0.1) is 7.11 Å². The number of urea groups is 1. The minimum absolute atomic E-state index is 0.163. The number of aryl methyl sites for hydroxylation is 1. The quantitative estimate of drug-likeness (QED) is 0.258. The molecule has 0 saturated heterocycles. The number of aromatic nitrogens is 1. The highest BCUT2D eigenvalue weighted by Crippen LogP contribution is 2.29. The summed E-state index contributed by atoms with van der Waals surface area (Å²) in [4.78, 5) is 19.5. The van der Waals surface area contributed by atoms with Crippen LogP contribution in [0.4, 0.5) is 10.5 Å². The van der Waals surface area contributed by atoms with Crippen LogP contribution in [0, 0.1) is 0 Å². The second-order valence-electron chi connectivity index (χ2n) is 8.73. The molecule has 2 amide bonds. The maximum Gasteiger partial charge on any atom is 0.322 e. The van der Waals surface area contributed by atoms with Crippen LogP contribution in [0.15, 0.2) is 97.2 Å². The summed E-state index contributed by atoms with van der Waals surface area (Å²) in [5, 5.41) is 3.04. The molecule has 1 N–H and O–H groups in total. The molecular weight excluding hydrogens is 462 g/mol. The third-order valence-electron chi connectivity index (χ3n) is 6.10. The molecule has 6 heteroatoms. The maximum absolute atomic E-state index is 13.3. The summed E-state index contributed by atoms with van der Waals surface area (Å²) in [5.74, 6) is 1.30. The lowest BCUT2D eigenvalue weighted by Crippen LogP contribution is -2.36. The zero-order chi connectivity index (χ0) is 25.9. The number of methoxy groups -OCH3 is 1. The van der Waals surface area contributed by atoms with E-state index in [1.54, 1.807) is 18.2 Å². The fourth-order valence-corrected chi connectivity index (χ4v) is 3.96. The number of ether oxygens (including phenoxy) is 2. The predicted octanol–water partition coefficient (Wildman–Crippen LogP) is 6.51. The molecule has 4 aromatic rings. The van der Waals surface area contributed by atoms with Crippen molar-refractivity contribution in [2.75, 3.05) is 19.0 Å². The molecule has 3 aromatic carbocycles. The van der Waals surface area contributed by atoms with E-state index in [0.29, 0.717) is 37.6 Å². The molecule has 0 aliphatic carbocycles. The Bertz CT molecular complexity index is 1260. The Balaban J connectivity index is 1.48. The lowest BCUT2D eigenvalue weighted by atomic mass is 10.1. The number of nitrogens with zero attached hydrogens (tertiary/aromatic N) is 2. The second-order valence-corrected chi connectivity index (χ2v) is 8.73. The van der Waals surface area contributed by atoms with Crippen LogP contribution < -0.4 is 14.8 Å². The molecule has 4 rings (SSSR count). The van der Waals surface area contributed by atoms with Crippen LogP contribution in [-0.4, -0.2) is 29.6 Å². The van der Waals surface area contributed by atoms with E-state index in [4.69, 9.17) is 9.47 Å². The fraction of sp³-hybridized carbons (Fsp3) is 0.226. The van der Waals surface area contributed by atoms with E-state index < -0.39 is 0 Å². The first-order chi connectivity index (χ1) is 18.1. The molecule has 6 nitrogen and oxygen atoms in total. The van der Waals surface area contributed by atoms with E-state index in [1.807, 2.05) is 91.0 Å². The van der Waals surface area contributed by atoms with Crippen LogP contribution in [0.2, 0.25) is 0 Å². The van der Waals surface area contributed by atoms with Gasteiger partial charge in [0.25, 0.3) is 0 Å². The minimum atomic E-state index is -0.163. The van der Waals surface area contributed by atoms with Gasteiger partial charge in [-0.25, -0.2) is 4.79 Å². The molecule has 0 bridgehead atoms. The van der Waals surface area contributed by atoms with Crippen LogP contribution in [0.1, 0.15) is 29.3 Å². The van der Waals surface area contributed by atoms with E-state index in [9.17, 15) is 4.79 Å². The smallest absolute Gasteiger partial charge is 0.322 e. The molecule has 0 aliphatic heterocycles. The van der Waals surface area contributed by atoms with Crippen LogP contribution >= 0.6 is 0 Å². The average Bonchev–Trinajstić information content (AvgIpc) is 2.95. The number of pyridine rings is 1. The van der Waals surface area contributed by atoms with E-state index in [-0.39, 0.29) is 6.03 Å². The Labute approximate surface area is 218 Å². The van der Waals surface area contributed by atoms with Gasteiger partial charge in [-0.2, -0.15) is 0 Å². The summed E-state index contributed by atoms with van der Waals surface area (Å²) in [6.07, 6.45) is 3.38. The van der Waals surface area contributed by atoms with Gasteiger partial charge in [-0.05, 0) is 59.5 Å². The predicted molar refractivity (Wildman–Crippen MR) is 147 cm³/mol. The number of nitrogens with one attached hydrogen (secondary N) is 1. The standard InChI is InChI=1S/C31H33N3O3/c1-3-24-12-15-28(16-13-24)33-31(35)34(20-18-27-11-7-8-19-32-27)22-26-14-17-29(30(21-26)36-2)37-23-25-9-5-4-6-10-25/h4-17,19,21H,3,18,20,22-23H2,1-2H3,(H,33,35). The molecule has 1 aromatic heterocycles. The van der Waals surface area contributed by atoms with Gasteiger partial charge in [-0.3, -0.25) is 4.98 Å². The fourth-order valence-electron chi connectivity index (χ4n) is 3.96. The van der Waals surface area contributed by atoms with E-state index in [1.165, 1.54) is 5.56 Å². The molecule has 0 unspecified atom stereocenters. The molecule has 0 fully saturated rings. The number of rotatable bonds is 11. The van der Waals surface area contributed by atoms with Crippen molar-refractivity contribution in [1.82, 2.24) is 9.88 Å². The molecule has 0 aliphatic rings. The van der Waals surface area contributed by atoms with Crippen LogP contribution in [0.5, 0.6) is 11.5 Å². The largest absolute Gasteiger partial charge is 0.493 e. The number of hydrogen-bond acceptors (Lipinski definition) is 4. The van der Waals surface area contributed by atoms with Gasteiger partial charge >= 0.3 is 6.03 Å². The van der Waals surface area contributed by atoms with Gasteiger partial charge in [0.1, 0.15) is 6.61 Å². The first kappa shape index (κ1) is 25.8. The molecule has 190 valence electrons. The molecule has 37 heavy (non-hydrogen) atoms. The highest BCUT2D eigenvalue weighted by atomic mass is 16.5. The summed E-state index contributed by atoms with van der Waals surface area (Å²) < 4.78 is 11.6. The summed E-state index contributed by atoms with van der Waals surface area (Å²) in [6.45, 7) is 3.50. The van der Waals surface area contributed by atoms with Crippen molar-refractivity contribution < 1.29 is 14.3 Å². The summed E-state index contributed by atoms with van der Waals surface area (Å²) in [5.41, 5.74) is 4.97. The van der Waals surface area contributed by atoms with Crippen molar-refractivity contribution in [1.29, 1.82) is 0 Å². The Morgan fingerprint density at radius 2 is 1.62 bits per heavy atom. The summed E-state index contributed by atoms with van der Waals surface area (Å²) in [7, 11) is 1.63. The third kappa shape index (κ3) is 7.58. The number of carbonyl (C=O) groups excluding carboxylic acids is 1. The molecular formula is C31H33N3O3. The van der Waals surface area contributed by atoms with Gasteiger partial charge in [0.15, 0.2) is 11.5 Å². The average molecular weight is 496 g/mol. The Hall–Kier alpha value is -4.32. The highest BCUT2D eigenvalue weighted by molar-refractivity contribution is 5.89. The summed E-state index contributed by atoms with van der Waals surface area (Å²) >= 11 is 0. The van der Waals surface area contributed by atoms with Gasteiger partial charge in [0.2, 0.25) is 0 Å². The number of anilines is 1. The van der Waals surface area contributed by atoms with Crippen LogP contribution in [-0.2, 0) is 26.0 Å². The second kappa shape index (κ2) is 13.1. The normalized spacial score (nSPS) is 10.5. The lowest BCUT2D eigenvalue weighted by molar-refractivity contribution is 0.209. The van der Waals surface area contributed by atoms with Gasteiger partial charge in [-0.15, -0.1) is 0 Å². The Morgan fingerprint density at radius 1 is 0.865 bits per heavy atom. The molecule has 0 spiro atoms. The first-order valence-electron chi connectivity index (χ1n) is 12.5. The van der Waals surface area contributed by atoms with Gasteiger partial charge < -0.3 is 19.7 Å². The molecule has 0 atom stereocenters. The third-order valence-corrected chi connectivity index (χ3v) is 6.10. The van der Waals surface area contributed by atoms with Crippen molar-refractivity contribution in [2.24, 2.45) is 0 Å². The highest BCUT2D eigenvalue weighted by Gasteiger charge is 2.16. The number of amides is 2. The minimum Gasteiger partial charge on any atom is -0.493 e. The lowest BCUT2D eigenvalue weighted by Gasteiger charge is -2.24. The van der Waals surface area contributed by atoms with Crippen LogP contribution in [0.3, 0.4) is 0 Å². The number of hydrogen-bond donors (Lipinski definition) is 1. The van der Waals surface area contributed by atoms with Gasteiger partial charge in [-0.1, -0.05) is 61.5 Å². The van der Waals surface area contributed by atoms with Crippen molar-refractivity contribution in [3.8, 4) is 11.5 Å². The van der Waals surface area contributed by atoms with Crippen LogP contribution in [0.25, 0.3) is 0 Å². The van der Waals surface area contributed by atoms with E-state index in [0.717, 1.165) is 28.9 Å². The Kier molecular flexibility index (Phi) is 9.13. The van der Waals surface area contributed by atoms with Crippen molar-refractivity contribution in [2.45, 2.75) is 32.9 Å². The SMILES string of the molecule is CCc1ccc(NC(=O)N(CCc2ccccn2)Cc2ccc(OCc3ccccc3)c(OC)c2)cc1. The van der Waals surface area contributed by atoms with E-state index >= 15 is 0 Å². The number of benzene rings is 3. The molecule has 1 heterocycles. The summed E-state index contributed by atoms with van der Waals surface area (Å²) in [6, 6.07) is 29.4. The van der Waals surface area contributed by atoms with Crippen molar-refractivity contribution in [3.05, 3.63) is 120 Å². The zero-order valence-corrected chi connectivity index (χ0v) is 21.4. The monoisotopic (exact) mass is 495 g/mol. The Morgan fingerprint density at radius 3 is 2.32 bits per heavy atom.